The van der Waals surface area contributed by atoms with E-state index in [2.05, 4.69) is 32.7 Å². The summed E-state index contributed by atoms with van der Waals surface area (Å²) in [5, 5.41) is 6.47. The largest absolute Gasteiger partial charge is 0.383 e. The monoisotopic (exact) mass is 487 g/mol. The van der Waals surface area contributed by atoms with Crippen LogP contribution in [0.2, 0.25) is 0 Å². The van der Waals surface area contributed by atoms with Gasteiger partial charge in [-0.3, -0.25) is 4.79 Å². The maximum Gasteiger partial charge on any atom is 0.251 e. The van der Waals surface area contributed by atoms with Crippen molar-refractivity contribution in [2.24, 2.45) is 0 Å². The lowest BCUT2D eigenvalue weighted by atomic mass is 9.93. The van der Waals surface area contributed by atoms with Gasteiger partial charge in [-0.1, -0.05) is 18.2 Å². The summed E-state index contributed by atoms with van der Waals surface area (Å²) in [6.07, 6.45) is 2.92. The summed E-state index contributed by atoms with van der Waals surface area (Å²) < 4.78 is 20.8. The van der Waals surface area contributed by atoms with Crippen LogP contribution in [0.5, 0.6) is 0 Å². The van der Waals surface area contributed by atoms with Crippen molar-refractivity contribution in [3.8, 4) is 22.3 Å². The van der Waals surface area contributed by atoms with Crippen LogP contribution in [-0.2, 0) is 11.2 Å². The summed E-state index contributed by atoms with van der Waals surface area (Å²) in [6.45, 7) is 4.69. The molecule has 6 rings (SSSR count). The lowest BCUT2D eigenvalue weighted by Crippen LogP contribution is -2.37. The molecule has 0 unspecified atom stereocenters. The molecule has 36 heavy (non-hydrogen) atoms. The van der Waals surface area contributed by atoms with E-state index in [-0.39, 0.29) is 17.8 Å². The molecule has 7 nitrogen and oxygen atoms in total. The molecule has 186 valence electrons. The highest BCUT2D eigenvalue weighted by atomic mass is 19.1. The van der Waals surface area contributed by atoms with Crippen LogP contribution in [0.4, 0.5) is 15.9 Å². The number of ether oxygens (including phenoxy) is 1. The number of rotatable bonds is 4. The van der Waals surface area contributed by atoms with Crippen molar-refractivity contribution in [1.29, 1.82) is 0 Å². The van der Waals surface area contributed by atoms with Crippen LogP contribution >= 0.6 is 0 Å². The molecule has 3 aliphatic heterocycles. The standard InChI is InChI=1S/C28H30FN5O2/c29-26-21(16-22(27(30)33-26)17-3-5-20-19(14-17)7-9-32-28(20)35)18-4-6-25(34-10-12-36-13-11-34)23(15-18)24-2-1-8-31-24/h3-6,14-16,24,31H,1-2,7-13H2,(H2,30,33)(H,32,35)/t24-/m0/s1. The van der Waals surface area contributed by atoms with Crippen LogP contribution in [0.25, 0.3) is 22.3 Å². The third kappa shape index (κ3) is 4.20. The van der Waals surface area contributed by atoms with Gasteiger partial charge in [0.1, 0.15) is 5.82 Å². The molecule has 2 saturated heterocycles. The van der Waals surface area contributed by atoms with Crippen LogP contribution in [0.3, 0.4) is 0 Å². The topological polar surface area (TPSA) is 92.5 Å². The summed E-state index contributed by atoms with van der Waals surface area (Å²) in [7, 11) is 0. The van der Waals surface area contributed by atoms with E-state index in [1.165, 1.54) is 11.3 Å². The van der Waals surface area contributed by atoms with Gasteiger partial charge < -0.3 is 26.0 Å². The lowest BCUT2D eigenvalue weighted by Gasteiger charge is -2.32. The number of carbonyl (C=O) groups is 1. The fourth-order valence-electron chi connectivity index (χ4n) is 5.58. The number of fused-ring (bicyclic) bond motifs is 1. The molecular formula is C28H30FN5O2. The number of morpholine rings is 1. The van der Waals surface area contributed by atoms with Crippen molar-refractivity contribution < 1.29 is 13.9 Å². The minimum atomic E-state index is -0.585. The number of hydrogen-bond donors (Lipinski definition) is 3. The SMILES string of the molecule is Nc1nc(F)c(-c2ccc(N3CCOCC3)c([C@@H]3CCCN3)c2)cc1-c1ccc2c(c1)CCNC2=O. The Labute approximate surface area is 209 Å². The van der Waals surface area contributed by atoms with Crippen LogP contribution in [-0.4, -0.2) is 50.3 Å². The molecule has 0 spiro atoms. The van der Waals surface area contributed by atoms with Gasteiger partial charge in [0, 0.05) is 48.1 Å². The van der Waals surface area contributed by atoms with Crippen LogP contribution in [0.15, 0.2) is 42.5 Å². The van der Waals surface area contributed by atoms with Crippen LogP contribution in [0.1, 0.15) is 40.4 Å². The highest BCUT2D eigenvalue weighted by Crippen LogP contribution is 2.38. The van der Waals surface area contributed by atoms with E-state index in [1.807, 2.05) is 24.3 Å². The summed E-state index contributed by atoms with van der Waals surface area (Å²) in [6, 6.07) is 13.8. The molecule has 0 saturated carbocycles. The first kappa shape index (κ1) is 22.9. The third-order valence-electron chi connectivity index (χ3n) is 7.47. The number of pyridine rings is 1. The molecule has 8 heteroatoms. The molecule has 0 bridgehead atoms. The molecule has 4 heterocycles. The second kappa shape index (κ2) is 9.52. The van der Waals surface area contributed by atoms with E-state index in [4.69, 9.17) is 10.5 Å². The molecule has 4 N–H and O–H groups in total. The van der Waals surface area contributed by atoms with Crippen molar-refractivity contribution in [1.82, 2.24) is 15.6 Å². The Balaban J connectivity index is 1.42. The molecule has 1 atom stereocenters. The Morgan fingerprint density at radius 1 is 1.00 bits per heavy atom. The van der Waals surface area contributed by atoms with Crippen molar-refractivity contribution in [2.45, 2.75) is 25.3 Å². The number of halogens is 1. The van der Waals surface area contributed by atoms with Gasteiger partial charge in [0.15, 0.2) is 0 Å². The van der Waals surface area contributed by atoms with Crippen LogP contribution < -0.4 is 21.3 Å². The van der Waals surface area contributed by atoms with E-state index in [9.17, 15) is 4.79 Å². The second-order valence-corrected chi connectivity index (χ2v) is 9.66. The fraction of sp³-hybridized carbons (Fsp3) is 0.357. The van der Waals surface area contributed by atoms with E-state index in [1.54, 1.807) is 6.07 Å². The zero-order valence-electron chi connectivity index (χ0n) is 20.1. The number of amides is 1. The van der Waals surface area contributed by atoms with Gasteiger partial charge in [-0.25, -0.2) is 4.98 Å². The molecule has 2 fully saturated rings. The predicted molar refractivity (Wildman–Crippen MR) is 139 cm³/mol. The highest BCUT2D eigenvalue weighted by Gasteiger charge is 2.25. The number of anilines is 2. The average molecular weight is 488 g/mol. The number of benzene rings is 2. The van der Waals surface area contributed by atoms with Crippen LogP contribution in [0, 0.1) is 5.95 Å². The number of aromatic nitrogens is 1. The van der Waals surface area contributed by atoms with E-state index >= 15 is 4.39 Å². The van der Waals surface area contributed by atoms with Gasteiger partial charge >= 0.3 is 0 Å². The molecular weight excluding hydrogens is 457 g/mol. The number of hydrogen-bond acceptors (Lipinski definition) is 6. The summed E-state index contributed by atoms with van der Waals surface area (Å²) in [5.41, 5.74) is 12.9. The number of nitrogens with two attached hydrogens (primary N) is 1. The zero-order valence-corrected chi connectivity index (χ0v) is 20.1. The minimum Gasteiger partial charge on any atom is -0.383 e. The summed E-state index contributed by atoms with van der Waals surface area (Å²) >= 11 is 0. The zero-order chi connectivity index (χ0) is 24.6. The quantitative estimate of drug-likeness (QED) is 0.486. The van der Waals surface area contributed by atoms with E-state index in [0.717, 1.165) is 55.6 Å². The van der Waals surface area contributed by atoms with E-state index in [0.29, 0.717) is 36.4 Å². The Morgan fingerprint density at radius 2 is 1.81 bits per heavy atom. The summed E-state index contributed by atoms with van der Waals surface area (Å²) in [5.74, 6) is -0.515. The molecule has 3 aliphatic rings. The van der Waals surface area contributed by atoms with Crippen molar-refractivity contribution in [3.05, 3.63) is 65.1 Å². The van der Waals surface area contributed by atoms with Gasteiger partial charge in [-0.05, 0) is 72.3 Å². The molecule has 1 amide bonds. The molecule has 3 aromatic rings. The Hall–Kier alpha value is -3.49. The fourth-order valence-corrected chi connectivity index (χ4v) is 5.58. The first-order valence-corrected chi connectivity index (χ1v) is 12.7. The highest BCUT2D eigenvalue weighted by molar-refractivity contribution is 5.97. The first-order valence-electron chi connectivity index (χ1n) is 12.7. The van der Waals surface area contributed by atoms with Crippen molar-refractivity contribution in [2.75, 3.05) is 50.0 Å². The average Bonchev–Trinajstić information content (AvgIpc) is 3.44. The summed E-state index contributed by atoms with van der Waals surface area (Å²) in [4.78, 5) is 18.6. The Bertz CT molecular complexity index is 1320. The number of nitrogens with zero attached hydrogens (tertiary/aromatic N) is 2. The number of carbonyl (C=O) groups excluding carboxylic acids is 1. The first-order chi connectivity index (χ1) is 17.6. The number of nitrogens with one attached hydrogen (secondary N) is 2. The molecule has 1 aromatic heterocycles. The van der Waals surface area contributed by atoms with Crippen molar-refractivity contribution in [3.63, 3.8) is 0 Å². The Kier molecular flexibility index (Phi) is 6.07. The maximum atomic E-state index is 15.2. The van der Waals surface area contributed by atoms with Gasteiger partial charge in [0.2, 0.25) is 5.95 Å². The maximum absolute atomic E-state index is 15.2. The Morgan fingerprint density at radius 3 is 2.61 bits per heavy atom. The van der Waals surface area contributed by atoms with Gasteiger partial charge in [0.05, 0.1) is 13.2 Å². The molecule has 0 aliphatic carbocycles. The third-order valence-corrected chi connectivity index (χ3v) is 7.47. The predicted octanol–water partition coefficient (Wildman–Crippen LogP) is 3.68. The van der Waals surface area contributed by atoms with Gasteiger partial charge in [-0.2, -0.15) is 4.39 Å². The van der Waals surface area contributed by atoms with Gasteiger partial charge in [-0.15, -0.1) is 0 Å². The van der Waals surface area contributed by atoms with E-state index < -0.39 is 5.95 Å². The molecule has 2 aromatic carbocycles. The molecule has 0 radical (unpaired) electrons. The smallest absolute Gasteiger partial charge is 0.251 e. The number of nitrogen functional groups attached to an aromatic ring is 1. The van der Waals surface area contributed by atoms with Gasteiger partial charge in [0.25, 0.3) is 5.91 Å². The second-order valence-electron chi connectivity index (χ2n) is 9.66. The normalized spacial score (nSPS) is 19.8. The minimum absolute atomic E-state index is 0.0675. The van der Waals surface area contributed by atoms with Crippen molar-refractivity contribution >= 4 is 17.4 Å². The lowest BCUT2D eigenvalue weighted by molar-refractivity contribution is 0.0946.